The second-order valence-corrected chi connectivity index (χ2v) is 5.60. The summed E-state index contributed by atoms with van der Waals surface area (Å²) in [5.74, 6) is -2.73. The highest BCUT2D eigenvalue weighted by Gasteiger charge is 2.25. The number of ether oxygens (including phenoxy) is 1. The highest BCUT2D eigenvalue weighted by Crippen LogP contribution is 2.15. The van der Waals surface area contributed by atoms with Gasteiger partial charge in [-0.25, -0.2) is 4.79 Å². The third-order valence-electron chi connectivity index (χ3n) is 3.34. The van der Waals surface area contributed by atoms with E-state index in [0.29, 0.717) is 0 Å². The van der Waals surface area contributed by atoms with Crippen LogP contribution in [0.5, 0.6) is 0 Å². The molecule has 130 valence electrons. The van der Waals surface area contributed by atoms with E-state index in [1.807, 2.05) is 6.07 Å². The molecule has 0 aliphatic carbocycles. The molecule has 0 fully saturated rings. The summed E-state index contributed by atoms with van der Waals surface area (Å²) >= 11 is 5.91. The topological polar surface area (TPSA) is 92.7 Å². The molecule has 0 aromatic heterocycles. The van der Waals surface area contributed by atoms with Gasteiger partial charge >= 0.3 is 11.9 Å². The molecule has 1 amide bonds. The summed E-state index contributed by atoms with van der Waals surface area (Å²) < 4.78 is 5.04. The van der Waals surface area contributed by atoms with E-state index >= 15 is 0 Å². The molecule has 2 aromatic rings. The van der Waals surface area contributed by atoms with Crippen molar-refractivity contribution in [1.82, 2.24) is 5.32 Å². The van der Waals surface area contributed by atoms with Crippen LogP contribution in [0.4, 0.5) is 0 Å². The van der Waals surface area contributed by atoms with Crippen molar-refractivity contribution in [3.8, 4) is 0 Å². The van der Waals surface area contributed by atoms with Gasteiger partial charge in [-0.2, -0.15) is 0 Å². The predicted molar refractivity (Wildman–Crippen MR) is 91.2 cm³/mol. The van der Waals surface area contributed by atoms with Crippen LogP contribution < -0.4 is 5.32 Å². The molecule has 2 rings (SSSR count). The quantitative estimate of drug-likeness (QED) is 0.739. The van der Waals surface area contributed by atoms with Crippen LogP contribution in [-0.4, -0.2) is 29.0 Å². The van der Waals surface area contributed by atoms with E-state index in [4.69, 9.17) is 16.3 Å². The van der Waals surface area contributed by atoms with Crippen molar-refractivity contribution in [1.29, 1.82) is 0 Å². The van der Waals surface area contributed by atoms with E-state index in [1.165, 1.54) is 12.1 Å². The number of hydrogen-bond acceptors (Lipinski definition) is 4. The molecule has 0 heterocycles. The molecule has 0 saturated carbocycles. The molecule has 2 aromatic carbocycles. The van der Waals surface area contributed by atoms with Crippen molar-refractivity contribution in [2.75, 3.05) is 0 Å². The van der Waals surface area contributed by atoms with Crippen LogP contribution in [0.1, 0.15) is 22.3 Å². The zero-order valence-electron chi connectivity index (χ0n) is 13.1. The first-order valence-corrected chi connectivity index (χ1v) is 7.83. The van der Waals surface area contributed by atoms with Crippen molar-refractivity contribution in [2.45, 2.75) is 19.1 Å². The van der Waals surface area contributed by atoms with Gasteiger partial charge in [0.2, 0.25) is 0 Å². The second kappa shape index (κ2) is 8.84. The summed E-state index contributed by atoms with van der Waals surface area (Å²) in [7, 11) is 0. The third kappa shape index (κ3) is 5.61. The fraction of sp³-hybridized carbons (Fsp3) is 0.167. The van der Waals surface area contributed by atoms with Crippen LogP contribution >= 0.6 is 11.6 Å². The molecule has 0 saturated heterocycles. The lowest BCUT2D eigenvalue weighted by molar-refractivity contribution is -0.150. The molecule has 0 aliphatic rings. The van der Waals surface area contributed by atoms with Crippen molar-refractivity contribution in [3.05, 3.63) is 70.7 Å². The second-order valence-electron chi connectivity index (χ2n) is 5.19. The zero-order chi connectivity index (χ0) is 18.2. The normalized spacial score (nSPS) is 11.4. The van der Waals surface area contributed by atoms with Gasteiger partial charge in [0.15, 0.2) is 0 Å². The number of benzene rings is 2. The minimum absolute atomic E-state index is 0.0322. The molecule has 0 radical (unpaired) electrons. The lowest BCUT2D eigenvalue weighted by Gasteiger charge is -2.14. The number of amides is 1. The van der Waals surface area contributed by atoms with Crippen LogP contribution in [0, 0.1) is 0 Å². The molecule has 0 unspecified atom stereocenters. The SMILES string of the molecule is O=C(C[C@@H](NC(=O)c1ccccc1Cl)C(=O)O)OCc1ccccc1. The average molecular weight is 362 g/mol. The van der Waals surface area contributed by atoms with E-state index in [0.717, 1.165) is 5.56 Å². The standard InChI is InChI=1S/C18H16ClNO5/c19-14-9-5-4-8-13(14)17(22)20-15(18(23)24)10-16(21)25-11-12-6-2-1-3-7-12/h1-9,15H,10-11H2,(H,20,22)(H,23,24)/t15-/m1/s1. The molecule has 6 nitrogen and oxygen atoms in total. The monoisotopic (exact) mass is 361 g/mol. The number of carboxylic acids is 1. The van der Waals surface area contributed by atoms with E-state index in [-0.39, 0.29) is 17.2 Å². The highest BCUT2D eigenvalue weighted by atomic mass is 35.5. The minimum atomic E-state index is -1.41. The number of hydrogen-bond donors (Lipinski definition) is 2. The van der Waals surface area contributed by atoms with Gasteiger partial charge in [-0.15, -0.1) is 0 Å². The first-order chi connectivity index (χ1) is 12.0. The Morgan fingerprint density at radius 3 is 2.32 bits per heavy atom. The first kappa shape index (κ1) is 18.5. The lowest BCUT2D eigenvalue weighted by Crippen LogP contribution is -2.42. The molecular formula is C18H16ClNO5. The molecule has 0 bridgehead atoms. The third-order valence-corrected chi connectivity index (χ3v) is 3.66. The summed E-state index contributed by atoms with van der Waals surface area (Å²) in [4.78, 5) is 35.3. The lowest BCUT2D eigenvalue weighted by atomic mass is 10.1. The van der Waals surface area contributed by atoms with Gasteiger partial charge in [0.25, 0.3) is 5.91 Å². The Hall–Kier alpha value is -2.86. The van der Waals surface area contributed by atoms with Crippen LogP contribution in [-0.2, 0) is 20.9 Å². The summed E-state index contributed by atoms with van der Waals surface area (Å²) in [6.45, 7) is 0.0322. The van der Waals surface area contributed by atoms with Crippen LogP contribution in [0.3, 0.4) is 0 Å². The molecule has 0 spiro atoms. The van der Waals surface area contributed by atoms with E-state index in [1.54, 1.807) is 36.4 Å². The number of carbonyl (C=O) groups is 3. The summed E-state index contributed by atoms with van der Waals surface area (Å²) in [5.41, 5.74) is 0.913. The van der Waals surface area contributed by atoms with Crippen LogP contribution in [0.2, 0.25) is 5.02 Å². The Bertz CT molecular complexity index is 763. The average Bonchev–Trinajstić information content (AvgIpc) is 2.60. The van der Waals surface area contributed by atoms with Crippen LogP contribution in [0.25, 0.3) is 0 Å². The Balaban J connectivity index is 1.94. The minimum Gasteiger partial charge on any atom is -0.480 e. The number of carboxylic acid groups (broad SMARTS) is 1. The Morgan fingerprint density at radius 1 is 1.04 bits per heavy atom. The molecule has 7 heteroatoms. The van der Waals surface area contributed by atoms with Crippen molar-refractivity contribution in [3.63, 3.8) is 0 Å². The van der Waals surface area contributed by atoms with Gasteiger partial charge < -0.3 is 15.2 Å². The Morgan fingerprint density at radius 2 is 1.68 bits per heavy atom. The molecule has 25 heavy (non-hydrogen) atoms. The highest BCUT2D eigenvalue weighted by molar-refractivity contribution is 6.33. The van der Waals surface area contributed by atoms with Crippen LogP contribution in [0.15, 0.2) is 54.6 Å². The fourth-order valence-corrected chi connectivity index (χ4v) is 2.27. The van der Waals surface area contributed by atoms with Gasteiger partial charge in [-0.1, -0.05) is 54.1 Å². The van der Waals surface area contributed by atoms with Crippen molar-refractivity contribution in [2.24, 2.45) is 0 Å². The van der Waals surface area contributed by atoms with E-state index in [9.17, 15) is 19.5 Å². The fourth-order valence-electron chi connectivity index (χ4n) is 2.05. The number of carbonyl (C=O) groups excluding carboxylic acids is 2. The number of halogens is 1. The number of rotatable bonds is 7. The zero-order valence-corrected chi connectivity index (χ0v) is 13.9. The molecule has 1 atom stereocenters. The van der Waals surface area contributed by atoms with Gasteiger partial charge in [-0.3, -0.25) is 9.59 Å². The number of esters is 1. The van der Waals surface area contributed by atoms with Gasteiger partial charge in [0, 0.05) is 0 Å². The molecule has 0 aliphatic heterocycles. The van der Waals surface area contributed by atoms with E-state index in [2.05, 4.69) is 5.32 Å². The summed E-state index contributed by atoms with van der Waals surface area (Å²) in [6, 6.07) is 13.8. The largest absolute Gasteiger partial charge is 0.480 e. The molecular weight excluding hydrogens is 346 g/mol. The first-order valence-electron chi connectivity index (χ1n) is 7.45. The maximum Gasteiger partial charge on any atom is 0.326 e. The number of nitrogens with one attached hydrogen (secondary N) is 1. The predicted octanol–water partition coefficient (Wildman–Crippen LogP) is 2.66. The smallest absolute Gasteiger partial charge is 0.326 e. The Kier molecular flexibility index (Phi) is 6.54. The van der Waals surface area contributed by atoms with Gasteiger partial charge in [-0.05, 0) is 17.7 Å². The summed E-state index contributed by atoms with van der Waals surface area (Å²) in [5, 5.41) is 11.7. The van der Waals surface area contributed by atoms with Gasteiger partial charge in [0.05, 0.1) is 17.0 Å². The maximum absolute atomic E-state index is 12.1. The van der Waals surface area contributed by atoms with Crippen molar-refractivity contribution >= 4 is 29.4 Å². The maximum atomic E-state index is 12.1. The summed E-state index contributed by atoms with van der Waals surface area (Å²) in [6.07, 6.45) is -0.488. The molecule has 2 N–H and O–H groups in total. The Labute approximate surface area is 149 Å². The van der Waals surface area contributed by atoms with Crippen molar-refractivity contribution < 1.29 is 24.2 Å². The van der Waals surface area contributed by atoms with Gasteiger partial charge in [0.1, 0.15) is 12.6 Å². The van der Waals surface area contributed by atoms with E-state index < -0.39 is 30.3 Å². The number of aliphatic carboxylic acids is 1.